The molecule has 15 heavy (non-hydrogen) atoms. The van der Waals surface area contributed by atoms with Crippen LogP contribution in [0.4, 0.5) is 17.6 Å². The van der Waals surface area contributed by atoms with E-state index < -0.39 is 24.5 Å². The second kappa shape index (κ2) is 4.18. The van der Waals surface area contributed by atoms with Crippen molar-refractivity contribution in [2.45, 2.75) is 25.6 Å². The van der Waals surface area contributed by atoms with Crippen molar-refractivity contribution in [3.05, 3.63) is 35.1 Å². The first-order valence-corrected chi connectivity index (χ1v) is 4.38. The molecule has 0 aliphatic heterocycles. The number of hydrogen-bond donors (Lipinski definition) is 1. The van der Waals surface area contributed by atoms with E-state index in [4.69, 9.17) is 5.73 Å². The van der Waals surface area contributed by atoms with Crippen molar-refractivity contribution >= 4 is 0 Å². The number of halogens is 4. The summed E-state index contributed by atoms with van der Waals surface area (Å²) < 4.78 is 48.9. The molecule has 0 spiro atoms. The van der Waals surface area contributed by atoms with Crippen molar-refractivity contribution in [1.29, 1.82) is 0 Å². The van der Waals surface area contributed by atoms with Gasteiger partial charge >= 0.3 is 6.18 Å². The maximum atomic E-state index is 12.8. The van der Waals surface area contributed by atoms with Crippen molar-refractivity contribution < 1.29 is 17.6 Å². The lowest BCUT2D eigenvalue weighted by Gasteiger charge is -2.14. The van der Waals surface area contributed by atoms with Gasteiger partial charge in [0.25, 0.3) is 0 Å². The number of nitrogens with two attached hydrogens (primary N) is 1. The van der Waals surface area contributed by atoms with E-state index in [1.807, 2.05) is 0 Å². The van der Waals surface area contributed by atoms with Crippen LogP contribution in [0.3, 0.4) is 0 Å². The van der Waals surface area contributed by atoms with Gasteiger partial charge in [-0.05, 0) is 24.1 Å². The van der Waals surface area contributed by atoms with Crippen LogP contribution in [0.25, 0.3) is 0 Å². The fourth-order valence-electron chi connectivity index (χ4n) is 1.27. The van der Waals surface area contributed by atoms with Crippen molar-refractivity contribution in [1.82, 2.24) is 0 Å². The third-order valence-electron chi connectivity index (χ3n) is 2.06. The predicted molar refractivity (Wildman–Crippen MR) is 48.7 cm³/mol. The van der Waals surface area contributed by atoms with Crippen LogP contribution in [0.15, 0.2) is 18.2 Å². The summed E-state index contributed by atoms with van der Waals surface area (Å²) in [7, 11) is 0. The highest BCUT2D eigenvalue weighted by Gasteiger charge is 2.30. The molecule has 0 radical (unpaired) electrons. The van der Waals surface area contributed by atoms with E-state index in [9.17, 15) is 17.6 Å². The van der Waals surface area contributed by atoms with Gasteiger partial charge in [-0.1, -0.05) is 12.1 Å². The minimum atomic E-state index is -4.30. The third kappa shape index (κ3) is 3.51. The SMILES string of the molecule is Cc1cc([C@@H](N)CC(F)(F)F)ccc1F. The Balaban J connectivity index is 2.83. The normalized spacial score (nSPS) is 14.0. The molecule has 0 saturated heterocycles. The fraction of sp³-hybridized carbons (Fsp3) is 0.400. The molecule has 0 aliphatic rings. The van der Waals surface area contributed by atoms with Crippen molar-refractivity contribution in [2.75, 3.05) is 0 Å². The Morgan fingerprint density at radius 1 is 1.33 bits per heavy atom. The monoisotopic (exact) mass is 221 g/mol. The predicted octanol–water partition coefficient (Wildman–Crippen LogP) is 3.09. The molecule has 0 fully saturated rings. The molecule has 0 saturated carbocycles. The lowest BCUT2D eigenvalue weighted by Crippen LogP contribution is -2.20. The number of aryl methyl sites for hydroxylation is 1. The van der Waals surface area contributed by atoms with Gasteiger partial charge in [0.05, 0.1) is 6.42 Å². The van der Waals surface area contributed by atoms with Gasteiger partial charge in [-0.3, -0.25) is 0 Å². The second-order valence-corrected chi connectivity index (χ2v) is 3.43. The van der Waals surface area contributed by atoms with Gasteiger partial charge in [-0.25, -0.2) is 4.39 Å². The Morgan fingerprint density at radius 2 is 1.93 bits per heavy atom. The van der Waals surface area contributed by atoms with Crippen LogP contribution in [0.5, 0.6) is 0 Å². The van der Waals surface area contributed by atoms with Crippen LogP contribution in [0.1, 0.15) is 23.6 Å². The first kappa shape index (κ1) is 12.0. The molecular formula is C10H11F4N. The van der Waals surface area contributed by atoms with Crippen molar-refractivity contribution in [2.24, 2.45) is 5.73 Å². The molecule has 84 valence electrons. The van der Waals surface area contributed by atoms with Crippen molar-refractivity contribution in [3.63, 3.8) is 0 Å². The standard InChI is InChI=1S/C10H11F4N/c1-6-4-7(2-3-8(6)11)9(15)5-10(12,13)14/h2-4,9H,5,15H2,1H3/t9-/m0/s1. The average molecular weight is 221 g/mol. The molecule has 1 aromatic carbocycles. The Bertz CT molecular complexity index is 346. The van der Waals surface area contributed by atoms with Gasteiger partial charge in [0.1, 0.15) is 5.82 Å². The van der Waals surface area contributed by atoms with Gasteiger partial charge < -0.3 is 5.73 Å². The number of alkyl halides is 3. The third-order valence-corrected chi connectivity index (χ3v) is 2.06. The molecule has 1 atom stereocenters. The summed E-state index contributed by atoms with van der Waals surface area (Å²) in [5.74, 6) is -0.446. The highest BCUT2D eigenvalue weighted by molar-refractivity contribution is 5.26. The molecule has 0 amide bonds. The molecule has 0 unspecified atom stereocenters. The topological polar surface area (TPSA) is 26.0 Å². The van der Waals surface area contributed by atoms with E-state index in [-0.39, 0.29) is 0 Å². The quantitative estimate of drug-likeness (QED) is 0.763. The zero-order valence-electron chi connectivity index (χ0n) is 8.11. The van der Waals surface area contributed by atoms with Crippen LogP contribution in [-0.4, -0.2) is 6.18 Å². The van der Waals surface area contributed by atoms with E-state index in [2.05, 4.69) is 0 Å². The van der Waals surface area contributed by atoms with Gasteiger partial charge in [-0.2, -0.15) is 13.2 Å². The van der Waals surface area contributed by atoms with Gasteiger partial charge in [0.2, 0.25) is 0 Å². The van der Waals surface area contributed by atoms with E-state index in [1.165, 1.54) is 19.1 Å². The zero-order chi connectivity index (χ0) is 11.6. The van der Waals surface area contributed by atoms with Gasteiger partial charge in [-0.15, -0.1) is 0 Å². The van der Waals surface area contributed by atoms with Crippen LogP contribution in [-0.2, 0) is 0 Å². The smallest absolute Gasteiger partial charge is 0.324 e. The summed E-state index contributed by atoms with van der Waals surface area (Å²) >= 11 is 0. The first-order chi connectivity index (χ1) is 6.79. The van der Waals surface area contributed by atoms with E-state index in [0.717, 1.165) is 6.07 Å². The Kier molecular flexibility index (Phi) is 3.34. The highest BCUT2D eigenvalue weighted by atomic mass is 19.4. The maximum absolute atomic E-state index is 12.8. The van der Waals surface area contributed by atoms with Crippen LogP contribution >= 0.6 is 0 Å². The molecule has 0 heterocycles. The number of hydrogen-bond acceptors (Lipinski definition) is 1. The molecular weight excluding hydrogens is 210 g/mol. The number of benzene rings is 1. The van der Waals surface area contributed by atoms with Gasteiger partial charge in [0, 0.05) is 6.04 Å². The van der Waals surface area contributed by atoms with Crippen molar-refractivity contribution in [3.8, 4) is 0 Å². The molecule has 2 N–H and O–H groups in total. The van der Waals surface area contributed by atoms with E-state index in [0.29, 0.717) is 11.1 Å². The highest BCUT2D eigenvalue weighted by Crippen LogP contribution is 2.28. The lowest BCUT2D eigenvalue weighted by atomic mass is 10.0. The summed E-state index contributed by atoms with van der Waals surface area (Å²) in [5, 5.41) is 0. The van der Waals surface area contributed by atoms with Gasteiger partial charge in [0.15, 0.2) is 0 Å². The molecule has 0 aliphatic carbocycles. The molecule has 0 bridgehead atoms. The summed E-state index contributed by atoms with van der Waals surface area (Å²) in [5.41, 5.74) is 5.95. The minimum absolute atomic E-state index is 0.296. The Hall–Kier alpha value is -1.10. The van der Waals surface area contributed by atoms with E-state index in [1.54, 1.807) is 0 Å². The van der Waals surface area contributed by atoms with Crippen LogP contribution < -0.4 is 5.73 Å². The zero-order valence-corrected chi connectivity index (χ0v) is 8.11. The minimum Gasteiger partial charge on any atom is -0.324 e. The maximum Gasteiger partial charge on any atom is 0.390 e. The molecule has 1 rings (SSSR count). The Morgan fingerprint density at radius 3 is 2.40 bits per heavy atom. The summed E-state index contributed by atoms with van der Waals surface area (Å²) in [6, 6.07) is 2.61. The molecule has 0 aromatic heterocycles. The fourth-order valence-corrected chi connectivity index (χ4v) is 1.27. The molecule has 1 aromatic rings. The largest absolute Gasteiger partial charge is 0.390 e. The average Bonchev–Trinajstić information content (AvgIpc) is 2.06. The lowest BCUT2D eigenvalue weighted by molar-refractivity contribution is -0.138. The first-order valence-electron chi connectivity index (χ1n) is 4.38. The second-order valence-electron chi connectivity index (χ2n) is 3.43. The van der Waals surface area contributed by atoms with Crippen LogP contribution in [0.2, 0.25) is 0 Å². The summed E-state index contributed by atoms with van der Waals surface area (Å²) in [4.78, 5) is 0. The van der Waals surface area contributed by atoms with E-state index >= 15 is 0 Å². The van der Waals surface area contributed by atoms with Crippen LogP contribution in [0, 0.1) is 12.7 Å². The summed E-state index contributed by atoms with van der Waals surface area (Å²) in [6.45, 7) is 1.49. The summed E-state index contributed by atoms with van der Waals surface area (Å²) in [6.07, 6.45) is -5.40. The molecule has 5 heteroatoms. The molecule has 1 nitrogen and oxygen atoms in total. The number of rotatable bonds is 2. The Labute approximate surface area is 84.9 Å².